The number of carbonyl (C=O) groups excluding carboxylic acids is 1. The molecule has 0 spiro atoms. The van der Waals surface area contributed by atoms with Crippen LogP contribution in [0.1, 0.15) is 17.0 Å². The molecule has 1 aromatic heterocycles. The molecular formula is C23H26N4O3. The number of hydrogen-bond donors (Lipinski definition) is 1. The predicted octanol–water partition coefficient (Wildman–Crippen LogP) is 3.33. The molecule has 0 radical (unpaired) electrons. The number of rotatable bonds is 6. The van der Waals surface area contributed by atoms with Gasteiger partial charge >= 0.3 is 0 Å². The molecule has 7 nitrogen and oxygen atoms in total. The van der Waals surface area contributed by atoms with Crippen molar-refractivity contribution in [2.75, 3.05) is 32.1 Å². The summed E-state index contributed by atoms with van der Waals surface area (Å²) in [4.78, 5) is 14.5. The molecule has 2 aromatic carbocycles. The quantitative estimate of drug-likeness (QED) is 0.680. The first-order valence-electron chi connectivity index (χ1n) is 10.00. The second-order valence-corrected chi connectivity index (χ2v) is 7.48. The van der Waals surface area contributed by atoms with E-state index in [4.69, 9.17) is 9.47 Å². The topological polar surface area (TPSA) is 68.6 Å². The largest absolute Gasteiger partial charge is 0.486 e. The van der Waals surface area contributed by atoms with E-state index in [1.54, 1.807) is 6.07 Å². The van der Waals surface area contributed by atoms with E-state index in [9.17, 15) is 4.79 Å². The highest BCUT2D eigenvalue weighted by Gasteiger charge is 2.17. The number of aryl methyl sites for hydroxylation is 1. The minimum Gasteiger partial charge on any atom is -0.486 e. The lowest BCUT2D eigenvalue weighted by Crippen LogP contribution is -2.30. The minimum atomic E-state index is -0.0834. The average molecular weight is 406 g/mol. The maximum atomic E-state index is 12.5. The van der Waals surface area contributed by atoms with E-state index in [-0.39, 0.29) is 12.5 Å². The van der Waals surface area contributed by atoms with Crippen molar-refractivity contribution in [1.29, 1.82) is 0 Å². The lowest BCUT2D eigenvalue weighted by atomic mass is 10.2. The van der Waals surface area contributed by atoms with Gasteiger partial charge in [-0.1, -0.05) is 18.2 Å². The van der Waals surface area contributed by atoms with Crippen molar-refractivity contribution in [2.45, 2.75) is 20.4 Å². The van der Waals surface area contributed by atoms with Gasteiger partial charge in [0, 0.05) is 29.6 Å². The molecule has 1 N–H and O–H groups in total. The van der Waals surface area contributed by atoms with Gasteiger partial charge in [0.25, 0.3) is 0 Å². The van der Waals surface area contributed by atoms with Crippen molar-refractivity contribution in [3.63, 3.8) is 0 Å². The Morgan fingerprint density at radius 3 is 2.60 bits per heavy atom. The van der Waals surface area contributed by atoms with Crippen molar-refractivity contribution < 1.29 is 14.3 Å². The number of aromatic nitrogens is 2. The molecule has 1 aliphatic rings. The number of amides is 1. The van der Waals surface area contributed by atoms with E-state index in [0.717, 1.165) is 22.6 Å². The summed E-state index contributed by atoms with van der Waals surface area (Å²) in [5, 5.41) is 7.62. The number of benzene rings is 2. The summed E-state index contributed by atoms with van der Waals surface area (Å²) in [5.41, 5.74) is 4.91. The van der Waals surface area contributed by atoms with Gasteiger partial charge in [0.2, 0.25) is 5.91 Å². The molecule has 4 rings (SSSR count). The number of fused-ring (bicyclic) bond motifs is 1. The van der Waals surface area contributed by atoms with Crippen LogP contribution in [0.2, 0.25) is 0 Å². The summed E-state index contributed by atoms with van der Waals surface area (Å²) in [6, 6.07) is 15.5. The molecule has 2 heterocycles. The maximum Gasteiger partial charge on any atom is 0.238 e. The van der Waals surface area contributed by atoms with Gasteiger partial charge in [-0.15, -0.1) is 0 Å². The molecule has 0 bridgehead atoms. The van der Waals surface area contributed by atoms with Crippen LogP contribution in [0.4, 0.5) is 5.69 Å². The number of carbonyl (C=O) groups is 1. The van der Waals surface area contributed by atoms with Gasteiger partial charge in [0.1, 0.15) is 13.2 Å². The van der Waals surface area contributed by atoms with E-state index < -0.39 is 0 Å². The Morgan fingerprint density at radius 1 is 1.10 bits per heavy atom. The number of anilines is 1. The van der Waals surface area contributed by atoms with Crippen LogP contribution in [0, 0.1) is 13.8 Å². The molecule has 7 heteroatoms. The normalized spacial score (nSPS) is 12.8. The SMILES string of the molecule is Cc1nn(-c2ccccc2)c(C)c1CN(C)CC(=O)Nc1ccc2c(c1)OCCO2. The Morgan fingerprint density at radius 2 is 1.83 bits per heavy atom. The van der Waals surface area contributed by atoms with Gasteiger partial charge in [-0.25, -0.2) is 4.68 Å². The molecule has 156 valence electrons. The molecular weight excluding hydrogens is 380 g/mol. The van der Waals surface area contributed by atoms with Crippen LogP contribution in [-0.2, 0) is 11.3 Å². The van der Waals surface area contributed by atoms with Crippen molar-refractivity contribution in [3.8, 4) is 17.2 Å². The van der Waals surface area contributed by atoms with Gasteiger partial charge < -0.3 is 14.8 Å². The van der Waals surface area contributed by atoms with Crippen molar-refractivity contribution in [1.82, 2.24) is 14.7 Å². The molecule has 1 aliphatic heterocycles. The first-order valence-corrected chi connectivity index (χ1v) is 10.00. The highest BCUT2D eigenvalue weighted by Crippen LogP contribution is 2.32. The Kier molecular flexibility index (Phi) is 5.72. The third kappa shape index (κ3) is 4.31. The molecule has 0 unspecified atom stereocenters. The highest BCUT2D eigenvalue weighted by atomic mass is 16.6. The summed E-state index contributed by atoms with van der Waals surface area (Å²) in [6.45, 7) is 6.03. The van der Waals surface area contributed by atoms with E-state index in [2.05, 4.69) is 17.3 Å². The zero-order valence-electron chi connectivity index (χ0n) is 17.5. The zero-order chi connectivity index (χ0) is 21.1. The van der Waals surface area contributed by atoms with E-state index in [0.29, 0.717) is 36.9 Å². The monoisotopic (exact) mass is 406 g/mol. The van der Waals surface area contributed by atoms with E-state index in [1.165, 1.54) is 0 Å². The number of nitrogens with one attached hydrogen (secondary N) is 1. The molecule has 0 atom stereocenters. The first kappa shape index (κ1) is 20.0. The second-order valence-electron chi connectivity index (χ2n) is 7.48. The molecule has 0 fully saturated rings. The van der Waals surface area contributed by atoms with E-state index >= 15 is 0 Å². The Bertz CT molecular complexity index is 1050. The summed E-state index contributed by atoms with van der Waals surface area (Å²) >= 11 is 0. The lowest BCUT2D eigenvalue weighted by molar-refractivity contribution is -0.117. The smallest absolute Gasteiger partial charge is 0.238 e. The lowest BCUT2D eigenvalue weighted by Gasteiger charge is -2.20. The van der Waals surface area contributed by atoms with Gasteiger partial charge in [-0.05, 0) is 45.2 Å². The zero-order valence-corrected chi connectivity index (χ0v) is 17.5. The number of nitrogens with zero attached hydrogens (tertiary/aromatic N) is 3. The standard InChI is InChI=1S/C23H26N4O3/c1-16-20(17(2)27(25-16)19-7-5-4-6-8-19)14-26(3)15-23(28)24-18-9-10-21-22(13-18)30-12-11-29-21/h4-10,13H,11-12,14-15H2,1-3H3,(H,24,28). The fourth-order valence-electron chi connectivity index (χ4n) is 3.62. The first-order chi connectivity index (χ1) is 14.5. The Labute approximate surface area is 176 Å². The van der Waals surface area contributed by atoms with Crippen LogP contribution >= 0.6 is 0 Å². The Hall–Kier alpha value is -3.32. The van der Waals surface area contributed by atoms with Gasteiger partial charge in [0.05, 0.1) is 17.9 Å². The average Bonchev–Trinajstić information content (AvgIpc) is 3.02. The predicted molar refractivity (Wildman–Crippen MR) is 115 cm³/mol. The fourth-order valence-corrected chi connectivity index (χ4v) is 3.62. The molecule has 30 heavy (non-hydrogen) atoms. The third-order valence-corrected chi connectivity index (χ3v) is 5.11. The van der Waals surface area contributed by atoms with Crippen molar-refractivity contribution in [3.05, 3.63) is 65.5 Å². The van der Waals surface area contributed by atoms with E-state index in [1.807, 2.05) is 66.0 Å². The number of hydrogen-bond acceptors (Lipinski definition) is 5. The van der Waals surface area contributed by atoms with Gasteiger partial charge in [-0.2, -0.15) is 5.10 Å². The summed E-state index contributed by atoms with van der Waals surface area (Å²) in [6.07, 6.45) is 0. The summed E-state index contributed by atoms with van der Waals surface area (Å²) < 4.78 is 13.0. The molecule has 0 saturated heterocycles. The van der Waals surface area contributed by atoms with Gasteiger partial charge in [-0.3, -0.25) is 9.69 Å². The van der Waals surface area contributed by atoms with Gasteiger partial charge in [0.15, 0.2) is 11.5 Å². The Balaban J connectivity index is 1.39. The van der Waals surface area contributed by atoms with Crippen molar-refractivity contribution >= 4 is 11.6 Å². The molecule has 3 aromatic rings. The maximum absolute atomic E-state index is 12.5. The number of para-hydroxylation sites is 1. The number of ether oxygens (including phenoxy) is 2. The van der Waals surface area contributed by atoms with Crippen LogP contribution < -0.4 is 14.8 Å². The minimum absolute atomic E-state index is 0.0834. The van der Waals surface area contributed by atoms with Crippen LogP contribution in [0.25, 0.3) is 5.69 Å². The fraction of sp³-hybridized carbons (Fsp3) is 0.304. The van der Waals surface area contributed by atoms with Crippen LogP contribution in [0.3, 0.4) is 0 Å². The summed E-state index contributed by atoms with van der Waals surface area (Å²) in [7, 11) is 1.93. The second kappa shape index (κ2) is 8.59. The van der Waals surface area contributed by atoms with Crippen LogP contribution in [0.5, 0.6) is 11.5 Å². The third-order valence-electron chi connectivity index (χ3n) is 5.11. The highest BCUT2D eigenvalue weighted by molar-refractivity contribution is 5.92. The van der Waals surface area contributed by atoms with Crippen molar-refractivity contribution in [2.24, 2.45) is 0 Å². The molecule has 1 amide bonds. The molecule has 0 aliphatic carbocycles. The number of likely N-dealkylation sites (N-methyl/N-ethyl adjacent to an activating group) is 1. The summed E-state index contributed by atoms with van der Waals surface area (Å²) in [5.74, 6) is 1.28. The van der Waals surface area contributed by atoms with Crippen LogP contribution in [0.15, 0.2) is 48.5 Å². The molecule has 0 saturated carbocycles. The van der Waals surface area contributed by atoms with Crippen LogP contribution in [-0.4, -0.2) is 47.4 Å².